The van der Waals surface area contributed by atoms with Crippen LogP contribution in [0.15, 0.2) is 28.2 Å². The van der Waals surface area contributed by atoms with E-state index in [1.165, 1.54) is 4.88 Å². The number of hydrogen-bond acceptors (Lipinski definition) is 6. The summed E-state index contributed by atoms with van der Waals surface area (Å²) in [5, 5.41) is 5.52. The van der Waals surface area contributed by atoms with E-state index in [1.54, 1.807) is 17.5 Å². The van der Waals surface area contributed by atoms with E-state index in [4.69, 9.17) is 5.84 Å². The van der Waals surface area contributed by atoms with Crippen LogP contribution < -0.4 is 16.6 Å². The lowest BCUT2D eigenvalue weighted by molar-refractivity contribution is 0.551. The molecule has 102 valence electrons. The zero-order valence-electron chi connectivity index (χ0n) is 10.7. The van der Waals surface area contributed by atoms with E-state index < -0.39 is 0 Å². The summed E-state index contributed by atoms with van der Waals surface area (Å²) < 4.78 is 0.814. The van der Waals surface area contributed by atoms with Crippen molar-refractivity contribution in [3.8, 4) is 0 Å². The summed E-state index contributed by atoms with van der Waals surface area (Å²) in [4.78, 5) is 9.64. The van der Waals surface area contributed by atoms with Crippen LogP contribution in [0.25, 0.3) is 0 Å². The smallest absolute Gasteiger partial charge is 0.239 e. The number of nitrogen functional groups attached to an aromatic ring is 1. The quantitative estimate of drug-likeness (QED) is 0.574. The number of nitrogens with two attached hydrogens (primary N) is 1. The summed E-state index contributed by atoms with van der Waals surface area (Å²) >= 11 is 5.18. The second-order valence-corrected chi connectivity index (χ2v) is 6.25. The van der Waals surface area contributed by atoms with E-state index in [9.17, 15) is 0 Å². The molecule has 0 saturated carbocycles. The molecule has 0 aromatic carbocycles. The molecule has 7 heteroatoms. The van der Waals surface area contributed by atoms with E-state index in [2.05, 4.69) is 68.0 Å². The Morgan fingerprint density at radius 1 is 1.42 bits per heavy atom. The van der Waals surface area contributed by atoms with E-state index in [0.29, 0.717) is 11.9 Å². The summed E-state index contributed by atoms with van der Waals surface area (Å²) in [5.74, 6) is 6.90. The van der Waals surface area contributed by atoms with Crippen molar-refractivity contribution in [2.24, 2.45) is 11.8 Å². The fourth-order valence-corrected chi connectivity index (χ4v) is 2.97. The standard InChI is InChI=1S/C12H16BrN5S/c1-7(2)10(9-4-3-5-19-9)16-11-8(13)6-15-12(17-11)18-14/h3-7,10H,14H2,1-2H3,(H2,15,16,17,18). The molecular weight excluding hydrogens is 326 g/mol. The minimum Gasteiger partial charge on any atom is -0.361 e. The molecule has 2 aromatic heterocycles. The van der Waals surface area contributed by atoms with Crippen molar-refractivity contribution < 1.29 is 0 Å². The molecule has 2 aromatic rings. The van der Waals surface area contributed by atoms with Crippen LogP contribution in [0, 0.1) is 5.92 Å². The van der Waals surface area contributed by atoms with Gasteiger partial charge in [0.2, 0.25) is 5.95 Å². The molecule has 19 heavy (non-hydrogen) atoms. The third-order valence-electron chi connectivity index (χ3n) is 2.68. The Hall–Kier alpha value is -1.18. The molecule has 0 aliphatic rings. The van der Waals surface area contributed by atoms with Crippen LogP contribution in [0.2, 0.25) is 0 Å². The first-order valence-electron chi connectivity index (χ1n) is 5.91. The number of hydrogen-bond donors (Lipinski definition) is 3. The van der Waals surface area contributed by atoms with Crippen molar-refractivity contribution in [3.05, 3.63) is 33.1 Å². The van der Waals surface area contributed by atoms with E-state index in [0.717, 1.165) is 10.3 Å². The van der Waals surface area contributed by atoms with Gasteiger partial charge in [0, 0.05) is 11.1 Å². The molecule has 0 radical (unpaired) electrons. The third-order valence-corrected chi connectivity index (χ3v) is 4.22. The number of thiophene rings is 1. The summed E-state index contributed by atoms with van der Waals surface area (Å²) in [5.41, 5.74) is 2.45. The molecule has 1 unspecified atom stereocenters. The fraction of sp³-hybridized carbons (Fsp3) is 0.333. The number of nitrogens with zero attached hydrogens (tertiary/aromatic N) is 2. The zero-order valence-corrected chi connectivity index (χ0v) is 13.1. The Labute approximate surface area is 124 Å². The van der Waals surface area contributed by atoms with Crippen LogP contribution in [0.5, 0.6) is 0 Å². The highest BCUT2D eigenvalue weighted by Crippen LogP contribution is 2.31. The first-order valence-corrected chi connectivity index (χ1v) is 7.58. The van der Waals surface area contributed by atoms with Gasteiger partial charge in [-0.15, -0.1) is 11.3 Å². The highest BCUT2D eigenvalue weighted by Gasteiger charge is 2.18. The van der Waals surface area contributed by atoms with Crippen LogP contribution >= 0.6 is 27.3 Å². The van der Waals surface area contributed by atoms with Gasteiger partial charge in [-0.2, -0.15) is 4.98 Å². The molecule has 0 fully saturated rings. The Balaban J connectivity index is 2.27. The van der Waals surface area contributed by atoms with Crippen molar-refractivity contribution in [1.29, 1.82) is 0 Å². The lowest BCUT2D eigenvalue weighted by Crippen LogP contribution is -2.18. The van der Waals surface area contributed by atoms with Gasteiger partial charge in [0.25, 0.3) is 0 Å². The van der Waals surface area contributed by atoms with Crippen molar-refractivity contribution in [2.75, 3.05) is 10.7 Å². The minimum absolute atomic E-state index is 0.205. The Morgan fingerprint density at radius 3 is 2.79 bits per heavy atom. The number of nitrogens with one attached hydrogen (secondary N) is 2. The van der Waals surface area contributed by atoms with Gasteiger partial charge in [-0.1, -0.05) is 19.9 Å². The number of hydrazine groups is 1. The van der Waals surface area contributed by atoms with E-state index in [-0.39, 0.29) is 6.04 Å². The molecule has 0 saturated heterocycles. The SMILES string of the molecule is CC(C)C(Nc1nc(NN)ncc1Br)c1cccs1. The van der Waals surface area contributed by atoms with E-state index in [1.807, 2.05) is 0 Å². The Kier molecular flexibility index (Phi) is 4.73. The molecule has 2 heterocycles. The van der Waals surface area contributed by atoms with Gasteiger partial charge in [-0.3, -0.25) is 5.43 Å². The maximum atomic E-state index is 5.34. The number of halogens is 1. The van der Waals surface area contributed by atoms with Crippen LogP contribution in [-0.4, -0.2) is 9.97 Å². The fourth-order valence-electron chi connectivity index (χ4n) is 1.72. The molecule has 5 nitrogen and oxygen atoms in total. The summed E-state index contributed by atoms with van der Waals surface area (Å²) in [6, 6.07) is 4.38. The van der Waals surface area contributed by atoms with Crippen LogP contribution in [0.4, 0.5) is 11.8 Å². The maximum Gasteiger partial charge on any atom is 0.239 e. The normalized spacial score (nSPS) is 12.5. The molecule has 0 bridgehead atoms. The van der Waals surface area contributed by atoms with Gasteiger partial charge in [0.15, 0.2) is 0 Å². The van der Waals surface area contributed by atoms with Crippen molar-refractivity contribution in [3.63, 3.8) is 0 Å². The predicted octanol–water partition coefficient (Wildman–Crippen LogP) is 3.40. The molecule has 4 N–H and O–H groups in total. The number of rotatable bonds is 5. The molecular formula is C12H16BrN5S. The second kappa shape index (κ2) is 6.31. The lowest BCUT2D eigenvalue weighted by Gasteiger charge is -2.22. The summed E-state index contributed by atoms with van der Waals surface area (Å²) in [6.07, 6.45) is 1.68. The molecule has 2 rings (SSSR count). The highest BCUT2D eigenvalue weighted by molar-refractivity contribution is 9.10. The highest BCUT2D eigenvalue weighted by atomic mass is 79.9. The van der Waals surface area contributed by atoms with Gasteiger partial charge < -0.3 is 5.32 Å². The van der Waals surface area contributed by atoms with Crippen molar-refractivity contribution in [1.82, 2.24) is 9.97 Å². The Morgan fingerprint density at radius 2 is 2.21 bits per heavy atom. The van der Waals surface area contributed by atoms with Crippen molar-refractivity contribution >= 4 is 39.0 Å². The lowest BCUT2D eigenvalue weighted by atomic mass is 10.0. The van der Waals surface area contributed by atoms with Crippen LogP contribution in [-0.2, 0) is 0 Å². The minimum atomic E-state index is 0.205. The second-order valence-electron chi connectivity index (χ2n) is 4.42. The number of anilines is 2. The Bertz CT molecular complexity index is 529. The van der Waals surface area contributed by atoms with Crippen molar-refractivity contribution in [2.45, 2.75) is 19.9 Å². The zero-order chi connectivity index (χ0) is 13.8. The first-order chi connectivity index (χ1) is 9.11. The average molecular weight is 342 g/mol. The molecule has 1 atom stereocenters. The van der Waals surface area contributed by atoms with Gasteiger partial charge in [-0.05, 0) is 33.3 Å². The first kappa shape index (κ1) is 14.2. The van der Waals surface area contributed by atoms with Crippen LogP contribution in [0.3, 0.4) is 0 Å². The summed E-state index contributed by atoms with van der Waals surface area (Å²) in [7, 11) is 0. The van der Waals surface area contributed by atoms with Gasteiger partial charge in [0.05, 0.1) is 10.5 Å². The average Bonchev–Trinajstić information content (AvgIpc) is 2.91. The van der Waals surface area contributed by atoms with Crippen LogP contribution in [0.1, 0.15) is 24.8 Å². The summed E-state index contributed by atoms with van der Waals surface area (Å²) in [6.45, 7) is 4.35. The third kappa shape index (κ3) is 3.43. The largest absolute Gasteiger partial charge is 0.361 e. The predicted molar refractivity (Wildman–Crippen MR) is 83.1 cm³/mol. The molecule has 0 aliphatic heterocycles. The van der Waals surface area contributed by atoms with E-state index >= 15 is 0 Å². The topological polar surface area (TPSA) is 75.9 Å². The molecule has 0 amide bonds. The maximum absolute atomic E-state index is 5.34. The van der Waals surface area contributed by atoms with Gasteiger partial charge >= 0.3 is 0 Å². The van der Waals surface area contributed by atoms with Gasteiger partial charge in [-0.25, -0.2) is 10.8 Å². The molecule has 0 spiro atoms. The monoisotopic (exact) mass is 341 g/mol. The molecule has 0 aliphatic carbocycles. The van der Waals surface area contributed by atoms with Gasteiger partial charge in [0.1, 0.15) is 5.82 Å². The number of aromatic nitrogens is 2.